The molecule has 0 atom stereocenters. The Labute approximate surface area is 120 Å². The molecule has 0 aromatic heterocycles. The van der Waals surface area contributed by atoms with Gasteiger partial charge >= 0.3 is 0 Å². The number of allylic oxidation sites excluding steroid dienone is 2. The fourth-order valence-corrected chi connectivity index (χ4v) is 2.29. The largest absolute Gasteiger partial charge is 0.497 e. The van der Waals surface area contributed by atoms with Crippen LogP contribution in [0.4, 0.5) is 0 Å². The molecule has 106 valence electrons. The topological polar surface area (TPSA) is 29.5 Å². The van der Waals surface area contributed by atoms with Crippen molar-refractivity contribution >= 4 is 11.5 Å². The van der Waals surface area contributed by atoms with Gasteiger partial charge in [-0.2, -0.15) is 0 Å². The Morgan fingerprint density at radius 2 is 1.80 bits per heavy atom. The van der Waals surface area contributed by atoms with Gasteiger partial charge in [-0.25, -0.2) is 0 Å². The number of ether oxygens (including phenoxy) is 1. The summed E-state index contributed by atoms with van der Waals surface area (Å²) in [7, 11) is 1.64. The molecular weight excluding hydrogens is 250 g/mol. The highest BCUT2D eigenvalue weighted by atomic mass is 16.5. The molecular formula is C17H21NO2. The SMILES string of the molecule is C=C(/C=C/C(=O)N1CCCCC1)c1ccc(OC)cc1. The summed E-state index contributed by atoms with van der Waals surface area (Å²) in [4.78, 5) is 13.9. The van der Waals surface area contributed by atoms with Crippen molar-refractivity contribution < 1.29 is 9.53 Å². The number of piperidine rings is 1. The lowest BCUT2D eigenvalue weighted by Gasteiger charge is -2.25. The van der Waals surface area contributed by atoms with Gasteiger partial charge in [0.25, 0.3) is 0 Å². The number of rotatable bonds is 4. The van der Waals surface area contributed by atoms with Crippen molar-refractivity contribution in [2.75, 3.05) is 20.2 Å². The standard InChI is InChI=1S/C17H21NO2/c1-14(15-7-9-16(20-2)10-8-15)6-11-17(19)18-12-4-3-5-13-18/h6-11H,1,3-5,12-13H2,2H3/b11-6+. The third kappa shape index (κ3) is 3.73. The summed E-state index contributed by atoms with van der Waals surface area (Å²) in [6.45, 7) is 5.75. The molecule has 0 saturated carbocycles. The number of carbonyl (C=O) groups excluding carboxylic acids is 1. The summed E-state index contributed by atoms with van der Waals surface area (Å²) in [5, 5.41) is 0. The Kier molecular flexibility index (Phi) is 4.99. The van der Waals surface area contributed by atoms with E-state index in [1.165, 1.54) is 6.42 Å². The number of likely N-dealkylation sites (tertiary alicyclic amines) is 1. The summed E-state index contributed by atoms with van der Waals surface area (Å²) in [5.41, 5.74) is 1.83. The molecule has 1 aliphatic rings. The first-order valence-electron chi connectivity index (χ1n) is 7.01. The first-order chi connectivity index (χ1) is 9.70. The van der Waals surface area contributed by atoms with Gasteiger partial charge in [0.05, 0.1) is 7.11 Å². The molecule has 1 aromatic carbocycles. The molecule has 0 N–H and O–H groups in total. The minimum Gasteiger partial charge on any atom is -0.497 e. The molecule has 1 saturated heterocycles. The molecule has 1 fully saturated rings. The number of methoxy groups -OCH3 is 1. The minimum atomic E-state index is 0.0827. The molecule has 3 nitrogen and oxygen atoms in total. The molecule has 20 heavy (non-hydrogen) atoms. The molecule has 1 aliphatic heterocycles. The molecule has 1 heterocycles. The van der Waals surface area contributed by atoms with Crippen LogP contribution in [0.1, 0.15) is 24.8 Å². The van der Waals surface area contributed by atoms with Crippen molar-refractivity contribution in [3.63, 3.8) is 0 Å². The highest BCUT2D eigenvalue weighted by Gasteiger charge is 2.13. The Hall–Kier alpha value is -2.03. The Bertz CT molecular complexity index is 496. The summed E-state index contributed by atoms with van der Waals surface area (Å²) < 4.78 is 5.12. The Balaban J connectivity index is 1.95. The average Bonchev–Trinajstić information content (AvgIpc) is 2.53. The number of amides is 1. The van der Waals surface area contributed by atoms with Crippen molar-refractivity contribution in [3.05, 3.63) is 48.6 Å². The van der Waals surface area contributed by atoms with E-state index in [2.05, 4.69) is 6.58 Å². The zero-order valence-electron chi connectivity index (χ0n) is 12.0. The van der Waals surface area contributed by atoms with Crippen molar-refractivity contribution in [2.24, 2.45) is 0 Å². The van der Waals surface area contributed by atoms with E-state index in [-0.39, 0.29) is 5.91 Å². The summed E-state index contributed by atoms with van der Waals surface area (Å²) in [5.74, 6) is 0.897. The number of carbonyl (C=O) groups is 1. The van der Waals surface area contributed by atoms with Gasteiger partial charge in [0.2, 0.25) is 5.91 Å². The molecule has 0 radical (unpaired) electrons. The predicted octanol–water partition coefficient (Wildman–Crippen LogP) is 3.28. The maximum absolute atomic E-state index is 12.0. The van der Waals surface area contributed by atoms with E-state index in [0.717, 1.165) is 42.8 Å². The molecule has 3 heteroatoms. The average molecular weight is 271 g/mol. The van der Waals surface area contributed by atoms with Crippen LogP contribution in [0.5, 0.6) is 5.75 Å². The van der Waals surface area contributed by atoms with Crippen LogP contribution in [0.15, 0.2) is 43.0 Å². The molecule has 0 spiro atoms. The quantitative estimate of drug-likeness (QED) is 0.621. The van der Waals surface area contributed by atoms with Gasteiger partial charge in [0.15, 0.2) is 0 Å². The van der Waals surface area contributed by atoms with Gasteiger partial charge < -0.3 is 9.64 Å². The van der Waals surface area contributed by atoms with E-state index in [1.54, 1.807) is 19.3 Å². The first kappa shape index (κ1) is 14.4. The molecule has 1 aromatic rings. The molecule has 0 unspecified atom stereocenters. The van der Waals surface area contributed by atoms with E-state index in [9.17, 15) is 4.79 Å². The van der Waals surface area contributed by atoms with Gasteiger partial charge in [-0.1, -0.05) is 18.7 Å². The van der Waals surface area contributed by atoms with Crippen LogP contribution in [-0.4, -0.2) is 31.0 Å². The predicted molar refractivity (Wildman–Crippen MR) is 81.6 cm³/mol. The van der Waals surface area contributed by atoms with E-state index < -0.39 is 0 Å². The third-order valence-electron chi connectivity index (χ3n) is 3.56. The van der Waals surface area contributed by atoms with Crippen LogP contribution in [0, 0.1) is 0 Å². The number of hydrogen-bond donors (Lipinski definition) is 0. The van der Waals surface area contributed by atoms with Gasteiger partial charge in [-0.15, -0.1) is 0 Å². The van der Waals surface area contributed by atoms with Crippen molar-refractivity contribution in [3.8, 4) is 5.75 Å². The minimum absolute atomic E-state index is 0.0827. The second-order valence-electron chi connectivity index (χ2n) is 4.97. The fraction of sp³-hybridized carbons (Fsp3) is 0.353. The molecule has 0 aliphatic carbocycles. The van der Waals surface area contributed by atoms with Crippen LogP contribution in [0.3, 0.4) is 0 Å². The molecule has 1 amide bonds. The van der Waals surface area contributed by atoms with E-state index in [1.807, 2.05) is 29.2 Å². The van der Waals surface area contributed by atoms with Crippen LogP contribution < -0.4 is 4.74 Å². The number of hydrogen-bond acceptors (Lipinski definition) is 2. The second-order valence-corrected chi connectivity index (χ2v) is 4.97. The molecule has 2 rings (SSSR count). The summed E-state index contributed by atoms with van der Waals surface area (Å²) >= 11 is 0. The third-order valence-corrected chi connectivity index (χ3v) is 3.56. The maximum Gasteiger partial charge on any atom is 0.246 e. The van der Waals surface area contributed by atoms with Gasteiger partial charge in [0, 0.05) is 19.2 Å². The van der Waals surface area contributed by atoms with E-state index >= 15 is 0 Å². The zero-order valence-corrected chi connectivity index (χ0v) is 12.0. The maximum atomic E-state index is 12.0. The van der Waals surface area contributed by atoms with Gasteiger partial charge in [-0.3, -0.25) is 4.79 Å². The van der Waals surface area contributed by atoms with Crippen molar-refractivity contribution in [2.45, 2.75) is 19.3 Å². The van der Waals surface area contributed by atoms with Crippen LogP contribution in [0.25, 0.3) is 5.57 Å². The smallest absolute Gasteiger partial charge is 0.246 e. The lowest BCUT2D eigenvalue weighted by atomic mass is 10.1. The van der Waals surface area contributed by atoms with Crippen LogP contribution in [-0.2, 0) is 4.79 Å². The normalized spacial score (nSPS) is 15.3. The van der Waals surface area contributed by atoms with Crippen molar-refractivity contribution in [1.82, 2.24) is 4.90 Å². The zero-order chi connectivity index (χ0) is 14.4. The summed E-state index contributed by atoms with van der Waals surface area (Å²) in [6, 6.07) is 7.66. The van der Waals surface area contributed by atoms with E-state index in [4.69, 9.17) is 4.74 Å². The monoisotopic (exact) mass is 271 g/mol. The van der Waals surface area contributed by atoms with Crippen molar-refractivity contribution in [1.29, 1.82) is 0 Å². The number of benzene rings is 1. The highest BCUT2D eigenvalue weighted by molar-refractivity contribution is 5.91. The van der Waals surface area contributed by atoms with Crippen LogP contribution in [0.2, 0.25) is 0 Å². The second kappa shape index (κ2) is 6.94. The Morgan fingerprint density at radius 1 is 1.15 bits per heavy atom. The number of nitrogens with zero attached hydrogens (tertiary/aromatic N) is 1. The Morgan fingerprint density at radius 3 is 2.40 bits per heavy atom. The summed E-state index contributed by atoms with van der Waals surface area (Å²) in [6.07, 6.45) is 6.86. The van der Waals surface area contributed by atoms with Gasteiger partial charge in [-0.05, 0) is 48.6 Å². The first-order valence-corrected chi connectivity index (χ1v) is 7.01. The fourth-order valence-electron chi connectivity index (χ4n) is 2.29. The van der Waals surface area contributed by atoms with Gasteiger partial charge in [0.1, 0.15) is 5.75 Å². The highest BCUT2D eigenvalue weighted by Crippen LogP contribution is 2.18. The lowest BCUT2D eigenvalue weighted by molar-refractivity contribution is -0.126. The molecule has 0 bridgehead atoms. The van der Waals surface area contributed by atoms with E-state index in [0.29, 0.717) is 0 Å². The van der Waals surface area contributed by atoms with Crippen LogP contribution >= 0.6 is 0 Å². The lowest BCUT2D eigenvalue weighted by Crippen LogP contribution is -2.34.